The summed E-state index contributed by atoms with van der Waals surface area (Å²) in [5, 5.41) is 1.94. The van der Waals surface area contributed by atoms with Gasteiger partial charge in [0, 0.05) is 24.2 Å². The number of hydrogen-bond donors (Lipinski definition) is 2. The number of piperidine rings is 1. The third kappa shape index (κ3) is 2.24. The first-order chi connectivity index (χ1) is 9.96. The fourth-order valence-corrected chi connectivity index (χ4v) is 5.61. The Balaban J connectivity index is 2.13. The molecule has 3 N–H and O–H groups in total. The molecule has 1 saturated heterocycles. The second-order valence-electron chi connectivity index (χ2n) is 5.44. The van der Waals surface area contributed by atoms with Crippen molar-refractivity contribution in [3.05, 3.63) is 11.6 Å². The van der Waals surface area contributed by atoms with Crippen LogP contribution >= 0.6 is 11.3 Å². The number of hydrogen-bond acceptors (Lipinski definition) is 6. The highest BCUT2D eigenvalue weighted by atomic mass is 32.2. The fraction of sp³-hybridized carbons (Fsp3) is 0.583. The zero-order chi connectivity index (χ0) is 15.2. The van der Waals surface area contributed by atoms with Crippen molar-refractivity contribution >= 4 is 32.1 Å². The molecule has 7 nitrogen and oxygen atoms in total. The molecular weight excluding hydrogens is 310 g/mol. The van der Waals surface area contributed by atoms with Crippen molar-refractivity contribution in [1.29, 1.82) is 0 Å². The number of thiazole rings is 1. The largest absolute Gasteiger partial charge is 0.306 e. The maximum Gasteiger partial charge on any atom is 0.263 e. The molecule has 3 rings (SSSR count). The highest BCUT2D eigenvalue weighted by molar-refractivity contribution is 7.89. The number of hydrazine groups is 1. The number of nitrogens with one attached hydrogen (secondary N) is 1. The summed E-state index contributed by atoms with van der Waals surface area (Å²) in [6.07, 6.45) is 3.63. The third-order valence-electron chi connectivity index (χ3n) is 4.22. The quantitative estimate of drug-likeness (QED) is 0.657. The molecule has 1 fully saturated rings. The molecule has 2 aromatic heterocycles. The van der Waals surface area contributed by atoms with E-state index in [9.17, 15) is 8.42 Å². The molecule has 0 saturated carbocycles. The molecule has 21 heavy (non-hydrogen) atoms. The third-order valence-corrected chi connectivity index (χ3v) is 6.99. The summed E-state index contributed by atoms with van der Waals surface area (Å²) in [7, 11) is -3.64. The van der Waals surface area contributed by atoms with Crippen LogP contribution in [0.25, 0.3) is 4.96 Å². The van der Waals surface area contributed by atoms with Gasteiger partial charge in [-0.2, -0.15) is 9.29 Å². The number of nitrogens with zero attached hydrogens (tertiary/aromatic N) is 3. The maximum absolute atomic E-state index is 13.1. The number of sulfonamides is 1. The summed E-state index contributed by atoms with van der Waals surface area (Å²) < 4.78 is 29.3. The van der Waals surface area contributed by atoms with E-state index in [0.29, 0.717) is 17.4 Å². The molecule has 0 spiro atoms. The number of nitrogens with two attached hydrogens (primary N) is 1. The zero-order valence-electron chi connectivity index (χ0n) is 12.0. The van der Waals surface area contributed by atoms with E-state index in [1.807, 2.05) is 12.3 Å². The lowest BCUT2D eigenvalue weighted by Gasteiger charge is -2.36. The van der Waals surface area contributed by atoms with Crippen LogP contribution < -0.4 is 11.3 Å². The molecule has 0 aliphatic carbocycles. The van der Waals surface area contributed by atoms with E-state index in [2.05, 4.69) is 17.3 Å². The Kier molecular flexibility index (Phi) is 3.68. The van der Waals surface area contributed by atoms with Gasteiger partial charge in [-0.1, -0.05) is 6.92 Å². The molecule has 0 amide bonds. The average Bonchev–Trinajstić information content (AvgIpc) is 3.00. The first-order valence-electron chi connectivity index (χ1n) is 6.91. The van der Waals surface area contributed by atoms with Crippen molar-refractivity contribution in [2.75, 3.05) is 12.0 Å². The Bertz CT molecular complexity index is 751. The molecule has 1 aliphatic heterocycles. The van der Waals surface area contributed by atoms with Gasteiger partial charge in [0.05, 0.1) is 0 Å². The van der Waals surface area contributed by atoms with Gasteiger partial charge in [0.25, 0.3) is 10.0 Å². The van der Waals surface area contributed by atoms with Crippen LogP contribution in [0.3, 0.4) is 0 Å². The van der Waals surface area contributed by atoms with E-state index in [4.69, 9.17) is 5.84 Å². The summed E-state index contributed by atoms with van der Waals surface area (Å²) in [5.74, 6) is 6.00. The van der Waals surface area contributed by atoms with E-state index in [-0.39, 0.29) is 16.9 Å². The van der Waals surface area contributed by atoms with Crippen LogP contribution in [0.2, 0.25) is 0 Å². The molecule has 2 unspecified atom stereocenters. The molecule has 116 valence electrons. The second kappa shape index (κ2) is 5.24. The van der Waals surface area contributed by atoms with Crippen molar-refractivity contribution in [1.82, 2.24) is 13.7 Å². The molecule has 3 heterocycles. The first-order valence-corrected chi connectivity index (χ1v) is 9.22. The Morgan fingerprint density at radius 3 is 2.95 bits per heavy atom. The van der Waals surface area contributed by atoms with Crippen LogP contribution in [-0.2, 0) is 10.0 Å². The Morgan fingerprint density at radius 2 is 2.24 bits per heavy atom. The lowest BCUT2D eigenvalue weighted by atomic mass is 9.94. The lowest BCUT2D eigenvalue weighted by molar-refractivity contribution is 0.202. The molecule has 2 aromatic rings. The molecule has 1 aliphatic rings. The Labute approximate surface area is 127 Å². The summed E-state index contributed by atoms with van der Waals surface area (Å²) in [6.45, 7) is 4.59. The Hall–Kier alpha value is -1.16. The summed E-state index contributed by atoms with van der Waals surface area (Å²) >= 11 is 1.38. The number of fused-ring (bicyclic) bond motifs is 1. The molecule has 9 heteroatoms. The highest BCUT2D eigenvalue weighted by Crippen LogP contribution is 2.33. The number of rotatable bonds is 3. The standard InChI is InChI=1S/C12H19N5O2S2/c1-8-4-3-5-17(9(8)2)21(18,19)11-10(15-13)14-12-16(11)6-7-20-12/h6-9,15H,3-5,13H2,1-2H3. The van der Waals surface area contributed by atoms with E-state index < -0.39 is 10.0 Å². The minimum absolute atomic E-state index is 0.0291. The number of anilines is 1. The van der Waals surface area contributed by atoms with Gasteiger partial charge in [-0.3, -0.25) is 4.40 Å². The van der Waals surface area contributed by atoms with E-state index in [0.717, 1.165) is 12.8 Å². The zero-order valence-corrected chi connectivity index (χ0v) is 13.6. The SMILES string of the molecule is CC1CCCN(S(=O)(=O)c2c(NN)nc3sccn23)C1C. The van der Waals surface area contributed by atoms with Crippen molar-refractivity contribution in [2.45, 2.75) is 37.8 Å². The summed E-state index contributed by atoms with van der Waals surface area (Å²) in [4.78, 5) is 4.85. The molecule has 0 bridgehead atoms. The normalized spacial score (nSPS) is 24.5. The molecule has 2 atom stereocenters. The average molecular weight is 329 g/mol. The van der Waals surface area contributed by atoms with Gasteiger partial charge < -0.3 is 5.43 Å². The van der Waals surface area contributed by atoms with Gasteiger partial charge in [-0.15, -0.1) is 11.3 Å². The van der Waals surface area contributed by atoms with Crippen LogP contribution in [0, 0.1) is 5.92 Å². The summed E-state index contributed by atoms with van der Waals surface area (Å²) in [6, 6.07) is -0.0291. The highest BCUT2D eigenvalue weighted by Gasteiger charge is 2.38. The lowest BCUT2D eigenvalue weighted by Crippen LogP contribution is -2.46. The maximum atomic E-state index is 13.1. The van der Waals surface area contributed by atoms with Gasteiger partial charge in [0.15, 0.2) is 10.8 Å². The monoisotopic (exact) mass is 329 g/mol. The summed E-state index contributed by atoms with van der Waals surface area (Å²) in [5.41, 5.74) is 2.41. The fourth-order valence-electron chi connectivity index (χ4n) is 2.85. The van der Waals surface area contributed by atoms with Crippen LogP contribution in [0.4, 0.5) is 5.82 Å². The molecule has 0 aromatic carbocycles. The van der Waals surface area contributed by atoms with Gasteiger partial charge >= 0.3 is 0 Å². The van der Waals surface area contributed by atoms with E-state index in [1.165, 1.54) is 11.3 Å². The smallest absolute Gasteiger partial charge is 0.263 e. The van der Waals surface area contributed by atoms with Gasteiger partial charge in [0.1, 0.15) is 0 Å². The predicted octanol–water partition coefficient (Wildman–Crippen LogP) is 1.49. The minimum Gasteiger partial charge on any atom is -0.306 e. The minimum atomic E-state index is -3.64. The van der Waals surface area contributed by atoms with Gasteiger partial charge in [-0.05, 0) is 25.7 Å². The van der Waals surface area contributed by atoms with Crippen molar-refractivity contribution in [3.63, 3.8) is 0 Å². The van der Waals surface area contributed by atoms with Crippen molar-refractivity contribution in [2.24, 2.45) is 11.8 Å². The Morgan fingerprint density at radius 1 is 1.48 bits per heavy atom. The van der Waals surface area contributed by atoms with Crippen LogP contribution in [0.1, 0.15) is 26.7 Å². The van der Waals surface area contributed by atoms with Crippen molar-refractivity contribution in [3.8, 4) is 0 Å². The molecule has 0 radical (unpaired) electrons. The number of imidazole rings is 1. The van der Waals surface area contributed by atoms with E-state index in [1.54, 1.807) is 14.9 Å². The number of aromatic nitrogens is 2. The van der Waals surface area contributed by atoms with Crippen LogP contribution in [0.5, 0.6) is 0 Å². The molecular formula is C12H19N5O2S2. The van der Waals surface area contributed by atoms with Crippen LogP contribution in [0.15, 0.2) is 16.6 Å². The number of nitrogen functional groups attached to an aromatic ring is 1. The van der Waals surface area contributed by atoms with E-state index >= 15 is 0 Å². The van der Waals surface area contributed by atoms with Crippen LogP contribution in [-0.4, -0.2) is 34.7 Å². The van der Waals surface area contributed by atoms with Gasteiger partial charge in [-0.25, -0.2) is 14.3 Å². The van der Waals surface area contributed by atoms with Crippen molar-refractivity contribution < 1.29 is 8.42 Å². The first kappa shape index (κ1) is 14.8. The topological polar surface area (TPSA) is 92.7 Å². The van der Waals surface area contributed by atoms with Gasteiger partial charge in [0.2, 0.25) is 5.03 Å². The predicted molar refractivity (Wildman–Crippen MR) is 82.6 cm³/mol. The second-order valence-corrected chi connectivity index (χ2v) is 8.12.